The summed E-state index contributed by atoms with van der Waals surface area (Å²) < 4.78 is 0. The second kappa shape index (κ2) is 6.80. The average molecular weight is 288 g/mol. The van der Waals surface area contributed by atoms with Gasteiger partial charge in [-0.3, -0.25) is 0 Å². The van der Waals surface area contributed by atoms with Gasteiger partial charge < -0.3 is 15.3 Å². The quantitative estimate of drug-likeness (QED) is 0.845. The van der Waals surface area contributed by atoms with Gasteiger partial charge in [0.25, 0.3) is 0 Å². The lowest BCUT2D eigenvalue weighted by molar-refractivity contribution is 0.128. The molecule has 3 heteroatoms. The number of anilines is 1. The molecule has 3 rings (SSSR count). The van der Waals surface area contributed by atoms with Crippen molar-refractivity contribution in [1.82, 2.24) is 5.32 Å². The van der Waals surface area contributed by atoms with Gasteiger partial charge in [0, 0.05) is 43.9 Å². The maximum absolute atomic E-state index is 9.69. The van der Waals surface area contributed by atoms with Gasteiger partial charge in [-0.2, -0.15) is 0 Å². The lowest BCUT2D eigenvalue weighted by Crippen LogP contribution is -2.35. The molecule has 1 heterocycles. The third-order valence-electron chi connectivity index (χ3n) is 5.25. The maximum Gasteiger partial charge on any atom is 0.0499 e. The van der Waals surface area contributed by atoms with Crippen LogP contribution >= 0.6 is 0 Å². The molecule has 116 valence electrons. The Morgan fingerprint density at radius 3 is 2.48 bits per heavy atom. The van der Waals surface area contributed by atoms with E-state index in [1.54, 1.807) is 0 Å². The van der Waals surface area contributed by atoms with Gasteiger partial charge in [0.1, 0.15) is 0 Å². The summed E-state index contributed by atoms with van der Waals surface area (Å²) in [5, 5.41) is 13.3. The highest BCUT2D eigenvalue weighted by Crippen LogP contribution is 2.37. The molecule has 0 radical (unpaired) electrons. The van der Waals surface area contributed by atoms with E-state index in [2.05, 4.69) is 34.5 Å². The molecular weight excluding hydrogens is 260 g/mol. The lowest BCUT2D eigenvalue weighted by Gasteiger charge is -2.27. The molecule has 0 aromatic heterocycles. The van der Waals surface area contributed by atoms with Crippen molar-refractivity contribution in [1.29, 1.82) is 0 Å². The van der Waals surface area contributed by atoms with Gasteiger partial charge in [-0.05, 0) is 37.3 Å². The summed E-state index contributed by atoms with van der Waals surface area (Å²) in [6.45, 7) is 4.56. The van der Waals surface area contributed by atoms with Gasteiger partial charge >= 0.3 is 0 Å². The minimum absolute atomic E-state index is 0.141. The van der Waals surface area contributed by atoms with Gasteiger partial charge in [-0.25, -0.2) is 0 Å². The average Bonchev–Trinajstić information content (AvgIpc) is 3.20. The monoisotopic (exact) mass is 288 g/mol. The Kier molecular flexibility index (Phi) is 4.81. The molecule has 2 N–H and O–H groups in total. The van der Waals surface area contributed by atoms with Crippen molar-refractivity contribution in [2.45, 2.75) is 45.1 Å². The largest absolute Gasteiger partial charge is 0.396 e. The highest BCUT2D eigenvalue weighted by Gasteiger charge is 2.32. The zero-order valence-electron chi connectivity index (χ0n) is 13.0. The smallest absolute Gasteiger partial charge is 0.0499 e. The number of rotatable bonds is 6. The summed E-state index contributed by atoms with van der Waals surface area (Å²) in [6.07, 6.45) is 7.51. The molecular formula is C18H28N2O. The van der Waals surface area contributed by atoms with Crippen LogP contribution in [0.25, 0.3) is 0 Å². The first-order valence-electron chi connectivity index (χ1n) is 8.47. The highest BCUT2D eigenvalue weighted by atomic mass is 16.3. The molecule has 1 saturated carbocycles. The normalized spacial score (nSPS) is 21.1. The molecule has 1 saturated heterocycles. The van der Waals surface area contributed by atoms with E-state index in [-0.39, 0.29) is 5.41 Å². The van der Waals surface area contributed by atoms with Crippen LogP contribution in [0, 0.1) is 5.41 Å². The van der Waals surface area contributed by atoms with Crippen LogP contribution in [-0.2, 0) is 6.54 Å². The van der Waals surface area contributed by atoms with Crippen LogP contribution < -0.4 is 10.2 Å². The van der Waals surface area contributed by atoms with Crippen LogP contribution in [0.4, 0.5) is 5.69 Å². The molecule has 0 amide bonds. The molecule has 0 spiro atoms. The number of aliphatic hydroxyl groups excluding tert-OH is 1. The van der Waals surface area contributed by atoms with Gasteiger partial charge in [0.05, 0.1) is 0 Å². The van der Waals surface area contributed by atoms with Crippen molar-refractivity contribution in [3.63, 3.8) is 0 Å². The van der Waals surface area contributed by atoms with E-state index in [1.807, 2.05) is 0 Å². The van der Waals surface area contributed by atoms with Crippen LogP contribution in [0.5, 0.6) is 0 Å². The summed E-state index contributed by atoms with van der Waals surface area (Å²) in [6, 6.07) is 8.76. The maximum atomic E-state index is 9.69. The minimum atomic E-state index is 0.141. The van der Waals surface area contributed by atoms with Crippen molar-refractivity contribution < 1.29 is 5.11 Å². The summed E-state index contributed by atoms with van der Waals surface area (Å²) in [5.74, 6) is 0. The summed E-state index contributed by atoms with van der Waals surface area (Å²) >= 11 is 0. The molecule has 0 bridgehead atoms. The molecule has 1 aliphatic carbocycles. The number of hydrogen-bond acceptors (Lipinski definition) is 3. The molecule has 21 heavy (non-hydrogen) atoms. The van der Waals surface area contributed by atoms with E-state index in [0.717, 1.165) is 13.1 Å². The van der Waals surface area contributed by atoms with Crippen molar-refractivity contribution in [2.75, 3.05) is 31.1 Å². The molecule has 2 fully saturated rings. The molecule has 1 aromatic rings. The second-order valence-corrected chi connectivity index (χ2v) is 6.79. The van der Waals surface area contributed by atoms with E-state index in [9.17, 15) is 5.11 Å². The predicted octanol–water partition coefficient (Wildman–Crippen LogP) is 2.93. The summed E-state index contributed by atoms with van der Waals surface area (Å²) in [5.41, 5.74) is 2.93. The molecule has 0 unspecified atom stereocenters. The Labute approximate surface area is 128 Å². The zero-order valence-corrected chi connectivity index (χ0v) is 13.0. The SMILES string of the molecule is OCC1(CNCc2ccccc2N2CCCC2)CCCC1. The van der Waals surface area contributed by atoms with E-state index in [1.165, 1.54) is 62.9 Å². The van der Waals surface area contributed by atoms with Crippen LogP contribution in [0.3, 0.4) is 0 Å². The van der Waals surface area contributed by atoms with E-state index >= 15 is 0 Å². The molecule has 0 atom stereocenters. The predicted molar refractivity (Wildman–Crippen MR) is 87.6 cm³/mol. The first kappa shape index (κ1) is 14.9. The first-order chi connectivity index (χ1) is 10.3. The second-order valence-electron chi connectivity index (χ2n) is 6.79. The topological polar surface area (TPSA) is 35.5 Å². The van der Waals surface area contributed by atoms with Crippen LogP contribution in [0.2, 0.25) is 0 Å². The summed E-state index contributed by atoms with van der Waals surface area (Å²) in [7, 11) is 0. The number of para-hydroxylation sites is 1. The van der Waals surface area contributed by atoms with Crippen molar-refractivity contribution in [3.8, 4) is 0 Å². The Balaban J connectivity index is 1.60. The van der Waals surface area contributed by atoms with Gasteiger partial charge in [-0.15, -0.1) is 0 Å². The zero-order chi connectivity index (χ0) is 14.5. The number of aliphatic hydroxyl groups is 1. The number of nitrogens with one attached hydrogen (secondary N) is 1. The summed E-state index contributed by atoms with van der Waals surface area (Å²) in [4.78, 5) is 2.51. The lowest BCUT2D eigenvalue weighted by atomic mass is 9.87. The third kappa shape index (κ3) is 3.41. The Morgan fingerprint density at radius 1 is 1.05 bits per heavy atom. The molecule has 3 nitrogen and oxygen atoms in total. The fourth-order valence-corrected chi connectivity index (χ4v) is 3.90. The number of benzene rings is 1. The Morgan fingerprint density at radius 2 is 1.76 bits per heavy atom. The number of nitrogens with zero attached hydrogens (tertiary/aromatic N) is 1. The third-order valence-corrected chi connectivity index (χ3v) is 5.25. The van der Waals surface area contributed by atoms with Crippen LogP contribution in [0.15, 0.2) is 24.3 Å². The number of hydrogen-bond donors (Lipinski definition) is 2. The van der Waals surface area contributed by atoms with Gasteiger partial charge in [0.15, 0.2) is 0 Å². The molecule has 2 aliphatic rings. The van der Waals surface area contributed by atoms with Gasteiger partial charge in [-0.1, -0.05) is 31.0 Å². The van der Waals surface area contributed by atoms with Crippen molar-refractivity contribution in [2.24, 2.45) is 5.41 Å². The minimum Gasteiger partial charge on any atom is -0.396 e. The fourth-order valence-electron chi connectivity index (χ4n) is 3.90. The Hall–Kier alpha value is -1.06. The fraction of sp³-hybridized carbons (Fsp3) is 0.667. The molecule has 1 aliphatic heterocycles. The van der Waals surface area contributed by atoms with E-state index in [4.69, 9.17) is 0 Å². The molecule has 1 aromatic carbocycles. The van der Waals surface area contributed by atoms with E-state index in [0.29, 0.717) is 6.61 Å². The standard InChI is InChI=1S/C18H28N2O/c21-15-18(9-3-4-10-18)14-19-13-16-7-1-2-8-17(16)20-11-5-6-12-20/h1-2,7-8,19,21H,3-6,9-15H2. The van der Waals surface area contributed by atoms with Crippen molar-refractivity contribution in [3.05, 3.63) is 29.8 Å². The van der Waals surface area contributed by atoms with Crippen LogP contribution in [-0.4, -0.2) is 31.3 Å². The van der Waals surface area contributed by atoms with Crippen LogP contribution in [0.1, 0.15) is 44.1 Å². The highest BCUT2D eigenvalue weighted by molar-refractivity contribution is 5.54. The Bertz CT molecular complexity index is 448. The van der Waals surface area contributed by atoms with E-state index < -0.39 is 0 Å². The first-order valence-corrected chi connectivity index (χ1v) is 8.47. The van der Waals surface area contributed by atoms with Gasteiger partial charge in [0.2, 0.25) is 0 Å². The van der Waals surface area contributed by atoms with Crippen molar-refractivity contribution >= 4 is 5.69 Å².